The van der Waals surface area contributed by atoms with Crippen molar-refractivity contribution in [3.05, 3.63) is 45.1 Å². The van der Waals surface area contributed by atoms with Gasteiger partial charge in [0.25, 0.3) is 5.91 Å². The Labute approximate surface area is 131 Å². The van der Waals surface area contributed by atoms with Crippen LogP contribution in [0.5, 0.6) is 11.5 Å². The highest BCUT2D eigenvalue weighted by molar-refractivity contribution is 7.17. The first-order valence-electron chi connectivity index (χ1n) is 5.95. The van der Waals surface area contributed by atoms with Crippen LogP contribution in [0.4, 0.5) is 0 Å². The first-order chi connectivity index (χ1) is 10.1. The fourth-order valence-electron chi connectivity index (χ4n) is 1.59. The van der Waals surface area contributed by atoms with E-state index in [-0.39, 0.29) is 5.91 Å². The second kappa shape index (κ2) is 7.10. The molecule has 0 bridgehead atoms. The molecule has 1 heterocycles. The van der Waals surface area contributed by atoms with Gasteiger partial charge in [-0.3, -0.25) is 4.79 Å². The molecule has 0 spiro atoms. The first-order valence-corrected chi connectivity index (χ1v) is 7.14. The van der Waals surface area contributed by atoms with Crippen molar-refractivity contribution < 1.29 is 14.3 Å². The zero-order valence-electron chi connectivity index (χ0n) is 11.4. The van der Waals surface area contributed by atoms with Crippen molar-refractivity contribution in [2.24, 2.45) is 5.10 Å². The molecular formula is C14H13ClN2O3S. The molecule has 21 heavy (non-hydrogen) atoms. The number of benzene rings is 1. The number of amides is 1. The molecule has 1 aromatic heterocycles. The number of carbonyl (C=O) groups is 1. The van der Waals surface area contributed by atoms with Crippen LogP contribution < -0.4 is 14.9 Å². The third kappa shape index (κ3) is 3.96. The van der Waals surface area contributed by atoms with Crippen molar-refractivity contribution in [3.63, 3.8) is 0 Å². The number of hydrazone groups is 1. The van der Waals surface area contributed by atoms with E-state index in [0.717, 1.165) is 4.88 Å². The van der Waals surface area contributed by atoms with Crippen LogP contribution in [0.3, 0.4) is 0 Å². The van der Waals surface area contributed by atoms with Crippen molar-refractivity contribution in [3.8, 4) is 11.5 Å². The molecule has 2 rings (SSSR count). The van der Waals surface area contributed by atoms with Gasteiger partial charge in [-0.25, -0.2) is 5.43 Å². The van der Waals surface area contributed by atoms with Crippen LogP contribution in [0.15, 0.2) is 35.4 Å². The summed E-state index contributed by atoms with van der Waals surface area (Å²) in [6.07, 6.45) is 1.54. The number of rotatable bonds is 5. The second-order valence-corrected chi connectivity index (χ2v) is 5.66. The summed E-state index contributed by atoms with van der Waals surface area (Å²) in [5.41, 5.74) is 2.87. The van der Waals surface area contributed by atoms with Crippen LogP contribution in [0.25, 0.3) is 0 Å². The van der Waals surface area contributed by atoms with Gasteiger partial charge < -0.3 is 9.47 Å². The van der Waals surface area contributed by atoms with Crippen LogP contribution in [0.2, 0.25) is 4.34 Å². The first kappa shape index (κ1) is 15.3. The standard InChI is InChI=1S/C14H13ClN2O3S/c1-19-11-5-3-9(7-12(11)20-2)14(18)17-16-8-10-4-6-13(15)21-10/h3-8H,1-2H3,(H,17,18). The number of hydrogen-bond donors (Lipinski definition) is 1. The molecule has 0 aliphatic carbocycles. The Morgan fingerprint density at radius 1 is 1.24 bits per heavy atom. The van der Waals surface area contributed by atoms with Gasteiger partial charge in [-0.2, -0.15) is 5.10 Å². The van der Waals surface area contributed by atoms with E-state index in [1.807, 2.05) is 6.07 Å². The predicted octanol–water partition coefficient (Wildman–Crippen LogP) is 3.18. The smallest absolute Gasteiger partial charge is 0.271 e. The van der Waals surface area contributed by atoms with E-state index in [9.17, 15) is 4.79 Å². The summed E-state index contributed by atoms with van der Waals surface area (Å²) in [5, 5.41) is 3.88. The number of methoxy groups -OCH3 is 2. The quantitative estimate of drug-likeness (QED) is 0.678. The Morgan fingerprint density at radius 3 is 2.62 bits per heavy atom. The maximum atomic E-state index is 12.0. The molecule has 1 aromatic carbocycles. The molecule has 0 saturated carbocycles. The summed E-state index contributed by atoms with van der Waals surface area (Å²) in [4.78, 5) is 12.8. The molecule has 0 aliphatic rings. The molecule has 0 atom stereocenters. The van der Waals surface area contributed by atoms with Crippen molar-refractivity contribution in [2.45, 2.75) is 0 Å². The van der Waals surface area contributed by atoms with Crippen LogP contribution in [0.1, 0.15) is 15.2 Å². The molecule has 0 radical (unpaired) electrons. The average molecular weight is 325 g/mol. The van der Waals surface area contributed by atoms with E-state index < -0.39 is 0 Å². The van der Waals surface area contributed by atoms with Crippen molar-refractivity contribution in [1.82, 2.24) is 5.43 Å². The maximum absolute atomic E-state index is 12.0. The lowest BCUT2D eigenvalue weighted by molar-refractivity contribution is 0.0954. The minimum absolute atomic E-state index is 0.338. The summed E-state index contributed by atoms with van der Waals surface area (Å²) in [7, 11) is 3.05. The third-order valence-corrected chi connectivity index (χ3v) is 3.76. The van der Waals surface area contributed by atoms with E-state index in [4.69, 9.17) is 21.1 Å². The van der Waals surface area contributed by atoms with Gasteiger partial charge in [-0.15, -0.1) is 11.3 Å². The SMILES string of the molecule is COc1ccc(C(=O)NN=Cc2ccc(Cl)s2)cc1OC. The summed E-state index contributed by atoms with van der Waals surface area (Å²) in [5.74, 6) is 0.708. The zero-order valence-corrected chi connectivity index (χ0v) is 13.0. The number of nitrogens with zero attached hydrogens (tertiary/aromatic N) is 1. The number of hydrogen-bond acceptors (Lipinski definition) is 5. The Balaban J connectivity index is 2.05. The second-order valence-electron chi connectivity index (χ2n) is 3.91. The highest BCUT2D eigenvalue weighted by Crippen LogP contribution is 2.27. The van der Waals surface area contributed by atoms with Crippen LogP contribution in [-0.4, -0.2) is 26.3 Å². The van der Waals surface area contributed by atoms with Crippen molar-refractivity contribution in [2.75, 3.05) is 14.2 Å². The van der Waals surface area contributed by atoms with Crippen molar-refractivity contribution in [1.29, 1.82) is 0 Å². The number of nitrogens with one attached hydrogen (secondary N) is 1. The van der Waals surface area contributed by atoms with Gasteiger partial charge in [-0.05, 0) is 30.3 Å². The molecule has 0 saturated heterocycles. The lowest BCUT2D eigenvalue weighted by Crippen LogP contribution is -2.17. The van der Waals surface area contributed by atoms with Gasteiger partial charge in [0.15, 0.2) is 11.5 Å². The lowest BCUT2D eigenvalue weighted by Gasteiger charge is -2.08. The van der Waals surface area contributed by atoms with Crippen LogP contribution >= 0.6 is 22.9 Å². The van der Waals surface area contributed by atoms with E-state index in [1.165, 1.54) is 31.8 Å². The fraction of sp³-hybridized carbons (Fsp3) is 0.143. The van der Waals surface area contributed by atoms with Gasteiger partial charge >= 0.3 is 0 Å². The summed E-state index contributed by atoms with van der Waals surface area (Å²) >= 11 is 7.18. The number of carbonyl (C=O) groups excluding carboxylic acids is 1. The predicted molar refractivity (Wildman–Crippen MR) is 83.9 cm³/mol. The number of thiophene rings is 1. The highest BCUT2D eigenvalue weighted by Gasteiger charge is 2.09. The highest BCUT2D eigenvalue weighted by atomic mass is 35.5. The van der Waals surface area contributed by atoms with Gasteiger partial charge in [0.05, 0.1) is 24.8 Å². The Hall–Kier alpha value is -2.05. The molecule has 0 aliphatic heterocycles. The van der Waals surface area contributed by atoms with Gasteiger partial charge in [0, 0.05) is 10.4 Å². The molecule has 110 valence electrons. The van der Waals surface area contributed by atoms with E-state index in [1.54, 1.807) is 24.3 Å². The summed E-state index contributed by atoms with van der Waals surface area (Å²) in [6.45, 7) is 0. The summed E-state index contributed by atoms with van der Waals surface area (Å²) in [6, 6.07) is 8.47. The van der Waals surface area contributed by atoms with Gasteiger partial charge in [-0.1, -0.05) is 11.6 Å². The van der Waals surface area contributed by atoms with Crippen molar-refractivity contribution >= 4 is 35.1 Å². The molecule has 0 fully saturated rings. The summed E-state index contributed by atoms with van der Waals surface area (Å²) < 4.78 is 10.9. The Bertz CT molecular complexity index is 670. The molecule has 7 heteroatoms. The van der Waals surface area contributed by atoms with E-state index >= 15 is 0 Å². The molecule has 0 unspecified atom stereocenters. The van der Waals surface area contributed by atoms with Gasteiger partial charge in [0.2, 0.25) is 0 Å². The largest absolute Gasteiger partial charge is 0.493 e. The maximum Gasteiger partial charge on any atom is 0.271 e. The average Bonchev–Trinajstić information content (AvgIpc) is 2.91. The third-order valence-electron chi connectivity index (χ3n) is 2.60. The molecule has 5 nitrogen and oxygen atoms in total. The van der Waals surface area contributed by atoms with Crippen LogP contribution in [-0.2, 0) is 0 Å². The Kier molecular flexibility index (Phi) is 5.19. The molecular weight excluding hydrogens is 312 g/mol. The van der Waals surface area contributed by atoms with E-state index in [0.29, 0.717) is 21.4 Å². The molecule has 1 amide bonds. The van der Waals surface area contributed by atoms with E-state index in [2.05, 4.69) is 10.5 Å². The lowest BCUT2D eigenvalue weighted by atomic mass is 10.2. The normalized spacial score (nSPS) is 10.6. The monoisotopic (exact) mass is 324 g/mol. The minimum atomic E-state index is -0.338. The Morgan fingerprint density at radius 2 is 2.00 bits per heavy atom. The fourth-order valence-corrected chi connectivity index (χ4v) is 2.53. The number of ether oxygens (including phenoxy) is 2. The van der Waals surface area contributed by atoms with Crippen LogP contribution in [0, 0.1) is 0 Å². The topological polar surface area (TPSA) is 59.9 Å². The molecule has 2 aromatic rings. The minimum Gasteiger partial charge on any atom is -0.493 e. The van der Waals surface area contributed by atoms with Gasteiger partial charge in [0.1, 0.15) is 0 Å². The number of halogens is 1. The molecule has 1 N–H and O–H groups in total. The zero-order chi connectivity index (χ0) is 15.2.